The van der Waals surface area contributed by atoms with Crippen molar-refractivity contribution in [3.8, 4) is 5.75 Å². The molecule has 5 nitrogen and oxygen atoms in total. The Morgan fingerprint density at radius 1 is 1.31 bits per heavy atom. The fraction of sp³-hybridized carbons (Fsp3) is 0.579. The van der Waals surface area contributed by atoms with Crippen LogP contribution in [0.25, 0.3) is 0 Å². The van der Waals surface area contributed by atoms with Crippen LogP contribution in [-0.4, -0.2) is 39.8 Å². The van der Waals surface area contributed by atoms with Gasteiger partial charge in [-0.05, 0) is 37.0 Å². The first kappa shape index (κ1) is 19.5. The van der Waals surface area contributed by atoms with Crippen LogP contribution in [0.1, 0.15) is 44.6 Å². The number of nitrogens with one attached hydrogen (secondary N) is 1. The topological polar surface area (TPSA) is 67.3 Å². The van der Waals surface area contributed by atoms with Crippen LogP contribution < -0.4 is 10.1 Å². The molecule has 1 aliphatic carbocycles. The van der Waals surface area contributed by atoms with E-state index in [1.807, 2.05) is 18.2 Å². The molecule has 1 unspecified atom stereocenters. The molecule has 7 heteroatoms. The van der Waals surface area contributed by atoms with E-state index in [9.17, 15) is 5.11 Å². The van der Waals surface area contributed by atoms with Crippen molar-refractivity contribution < 1.29 is 9.84 Å². The number of hydrogen-bond acceptors (Lipinski definition) is 7. The first-order valence-electron chi connectivity index (χ1n) is 9.35. The standard InChI is InChI=1S/C19H27N3O2S2/c1-2-14-7-6-10-17(11-14)24-12-16(23)13-25-19-22-21-18(26-19)20-15-8-4-3-5-9-15/h6-7,10-11,15-16,23H,2-5,8-9,12-13H2,1H3,(H,20,21). The van der Waals surface area contributed by atoms with Gasteiger partial charge in [-0.25, -0.2) is 0 Å². The third-order valence-electron chi connectivity index (χ3n) is 4.49. The minimum atomic E-state index is -0.538. The number of nitrogens with zero attached hydrogens (tertiary/aromatic N) is 2. The van der Waals surface area contributed by atoms with Crippen molar-refractivity contribution in [2.45, 2.75) is 61.9 Å². The smallest absolute Gasteiger partial charge is 0.206 e. The summed E-state index contributed by atoms with van der Waals surface area (Å²) >= 11 is 3.09. The van der Waals surface area contributed by atoms with E-state index in [0.29, 0.717) is 11.8 Å². The number of aliphatic hydroxyl groups excluding tert-OH is 1. The Morgan fingerprint density at radius 2 is 2.15 bits per heavy atom. The summed E-state index contributed by atoms with van der Waals surface area (Å²) in [5.74, 6) is 1.36. The lowest BCUT2D eigenvalue weighted by atomic mass is 9.96. The summed E-state index contributed by atoms with van der Waals surface area (Å²) in [7, 11) is 0. The zero-order chi connectivity index (χ0) is 18.2. The Kier molecular flexibility index (Phi) is 7.58. The molecular weight excluding hydrogens is 366 g/mol. The Bertz CT molecular complexity index is 674. The summed E-state index contributed by atoms with van der Waals surface area (Å²) < 4.78 is 6.58. The maximum Gasteiger partial charge on any atom is 0.206 e. The van der Waals surface area contributed by atoms with E-state index in [1.165, 1.54) is 49.4 Å². The molecule has 1 atom stereocenters. The number of anilines is 1. The van der Waals surface area contributed by atoms with E-state index in [-0.39, 0.29) is 6.61 Å². The van der Waals surface area contributed by atoms with Crippen molar-refractivity contribution in [3.05, 3.63) is 29.8 Å². The highest BCUT2D eigenvalue weighted by Gasteiger charge is 2.16. The molecule has 0 spiro atoms. The summed E-state index contributed by atoms with van der Waals surface area (Å²) in [6, 6.07) is 8.54. The number of aryl methyl sites for hydroxylation is 1. The van der Waals surface area contributed by atoms with E-state index in [4.69, 9.17) is 4.74 Å². The SMILES string of the molecule is CCc1cccc(OCC(O)CSc2nnc(NC3CCCCC3)s2)c1. The monoisotopic (exact) mass is 393 g/mol. The second-order valence-electron chi connectivity index (χ2n) is 6.63. The summed E-state index contributed by atoms with van der Waals surface area (Å²) in [6.45, 7) is 2.40. The number of hydrogen-bond donors (Lipinski definition) is 2. The van der Waals surface area contributed by atoms with Crippen molar-refractivity contribution in [3.63, 3.8) is 0 Å². The van der Waals surface area contributed by atoms with Gasteiger partial charge in [0.05, 0.1) is 6.10 Å². The molecule has 0 bridgehead atoms. The summed E-state index contributed by atoms with van der Waals surface area (Å²) in [4.78, 5) is 0. The summed E-state index contributed by atoms with van der Waals surface area (Å²) in [5.41, 5.74) is 1.23. The molecule has 3 rings (SSSR count). The molecule has 0 aliphatic heterocycles. The second kappa shape index (κ2) is 10.1. The van der Waals surface area contributed by atoms with Crippen LogP contribution in [0.5, 0.6) is 5.75 Å². The summed E-state index contributed by atoms with van der Waals surface area (Å²) in [5, 5.41) is 23.0. The van der Waals surface area contributed by atoms with Crippen LogP contribution in [0, 0.1) is 0 Å². The van der Waals surface area contributed by atoms with Gasteiger partial charge in [0.25, 0.3) is 0 Å². The summed E-state index contributed by atoms with van der Waals surface area (Å²) in [6.07, 6.45) is 6.82. The number of benzene rings is 1. The van der Waals surface area contributed by atoms with Crippen molar-refractivity contribution in [2.24, 2.45) is 0 Å². The fourth-order valence-electron chi connectivity index (χ4n) is 3.01. The molecular formula is C19H27N3O2S2. The zero-order valence-electron chi connectivity index (χ0n) is 15.2. The first-order chi connectivity index (χ1) is 12.7. The van der Waals surface area contributed by atoms with Gasteiger partial charge < -0.3 is 15.2 Å². The number of aromatic nitrogens is 2. The molecule has 142 valence electrons. The third kappa shape index (κ3) is 6.14. The number of thioether (sulfide) groups is 1. The van der Waals surface area contributed by atoms with E-state index in [1.54, 1.807) is 11.3 Å². The van der Waals surface area contributed by atoms with Crippen LogP contribution >= 0.6 is 23.1 Å². The predicted octanol–water partition coefficient (Wildman–Crippen LogP) is 4.38. The Morgan fingerprint density at radius 3 is 2.96 bits per heavy atom. The molecule has 0 radical (unpaired) electrons. The minimum absolute atomic E-state index is 0.284. The van der Waals surface area contributed by atoms with Gasteiger partial charge in [0.15, 0.2) is 4.34 Å². The number of rotatable bonds is 9. The average molecular weight is 394 g/mol. The molecule has 0 saturated heterocycles. The molecule has 2 aromatic rings. The highest BCUT2D eigenvalue weighted by Crippen LogP contribution is 2.28. The lowest BCUT2D eigenvalue weighted by Gasteiger charge is -2.21. The first-order valence-corrected chi connectivity index (χ1v) is 11.2. The lowest BCUT2D eigenvalue weighted by molar-refractivity contribution is 0.126. The van der Waals surface area contributed by atoms with Crippen LogP contribution in [0.2, 0.25) is 0 Å². The molecule has 1 fully saturated rings. The minimum Gasteiger partial charge on any atom is -0.491 e. The van der Waals surface area contributed by atoms with Crippen molar-refractivity contribution >= 4 is 28.2 Å². The molecule has 1 aliphatic rings. The van der Waals surface area contributed by atoms with Gasteiger partial charge in [0.2, 0.25) is 5.13 Å². The van der Waals surface area contributed by atoms with E-state index in [0.717, 1.165) is 21.6 Å². The van der Waals surface area contributed by atoms with Gasteiger partial charge in [-0.15, -0.1) is 10.2 Å². The maximum atomic E-state index is 10.2. The normalized spacial score (nSPS) is 16.4. The van der Waals surface area contributed by atoms with Gasteiger partial charge in [-0.2, -0.15) is 0 Å². The predicted molar refractivity (Wildman–Crippen MR) is 108 cm³/mol. The van der Waals surface area contributed by atoms with Gasteiger partial charge in [-0.1, -0.05) is 61.4 Å². The quantitative estimate of drug-likeness (QED) is 0.617. The van der Waals surface area contributed by atoms with Gasteiger partial charge in [0.1, 0.15) is 12.4 Å². The van der Waals surface area contributed by atoms with Gasteiger partial charge >= 0.3 is 0 Å². The highest BCUT2D eigenvalue weighted by atomic mass is 32.2. The Balaban J connectivity index is 1.39. The van der Waals surface area contributed by atoms with Crippen LogP contribution in [0.15, 0.2) is 28.6 Å². The molecule has 1 heterocycles. The molecule has 1 saturated carbocycles. The lowest BCUT2D eigenvalue weighted by Crippen LogP contribution is -2.21. The Labute approximate surface area is 163 Å². The van der Waals surface area contributed by atoms with Gasteiger partial charge in [-0.3, -0.25) is 0 Å². The largest absolute Gasteiger partial charge is 0.491 e. The van der Waals surface area contributed by atoms with Crippen LogP contribution in [-0.2, 0) is 6.42 Å². The highest BCUT2D eigenvalue weighted by molar-refractivity contribution is 8.01. The van der Waals surface area contributed by atoms with Crippen LogP contribution in [0.3, 0.4) is 0 Å². The van der Waals surface area contributed by atoms with E-state index >= 15 is 0 Å². The van der Waals surface area contributed by atoms with Crippen molar-refractivity contribution in [1.82, 2.24) is 10.2 Å². The fourth-order valence-corrected chi connectivity index (χ4v) is 4.77. The molecule has 2 N–H and O–H groups in total. The van der Waals surface area contributed by atoms with Crippen molar-refractivity contribution in [1.29, 1.82) is 0 Å². The van der Waals surface area contributed by atoms with E-state index in [2.05, 4.69) is 28.5 Å². The van der Waals surface area contributed by atoms with Crippen molar-refractivity contribution in [2.75, 3.05) is 17.7 Å². The van der Waals surface area contributed by atoms with E-state index < -0.39 is 6.10 Å². The zero-order valence-corrected chi connectivity index (χ0v) is 16.8. The second-order valence-corrected chi connectivity index (χ2v) is 8.87. The number of aliphatic hydroxyl groups is 1. The third-order valence-corrected chi connectivity index (χ3v) is 6.62. The number of ether oxygens (including phenoxy) is 1. The van der Waals surface area contributed by atoms with Crippen LogP contribution in [0.4, 0.5) is 5.13 Å². The molecule has 1 aromatic carbocycles. The average Bonchev–Trinajstić information content (AvgIpc) is 3.13. The van der Waals surface area contributed by atoms with Gasteiger partial charge in [0, 0.05) is 11.8 Å². The maximum absolute atomic E-state index is 10.2. The molecule has 26 heavy (non-hydrogen) atoms. The molecule has 1 aromatic heterocycles. The molecule has 0 amide bonds. The Hall–Kier alpha value is -1.31.